The van der Waals surface area contributed by atoms with E-state index in [-0.39, 0.29) is 5.76 Å². The van der Waals surface area contributed by atoms with Crippen molar-refractivity contribution in [1.82, 2.24) is 5.32 Å². The Morgan fingerprint density at radius 2 is 2.19 bits per heavy atom. The van der Waals surface area contributed by atoms with Crippen LogP contribution >= 0.6 is 0 Å². The highest BCUT2D eigenvalue weighted by molar-refractivity contribution is 5.98. The van der Waals surface area contributed by atoms with Crippen molar-refractivity contribution in [1.29, 1.82) is 0 Å². The number of carbonyl (C=O) groups excluding carboxylic acids is 1. The SMILES string of the molecule is Cc1cccc2cc(C(=O)NC(CC3CC3)C(=O)O)oc12. The number of rotatable bonds is 5. The van der Waals surface area contributed by atoms with Crippen molar-refractivity contribution in [2.45, 2.75) is 32.2 Å². The molecule has 1 aliphatic carbocycles. The molecule has 0 aliphatic heterocycles. The zero-order valence-corrected chi connectivity index (χ0v) is 11.8. The average molecular weight is 287 g/mol. The number of carbonyl (C=O) groups is 2. The molecule has 0 bridgehead atoms. The minimum Gasteiger partial charge on any atom is -0.480 e. The molecular formula is C16H17NO4. The van der Waals surface area contributed by atoms with Gasteiger partial charge in [0.1, 0.15) is 11.6 Å². The smallest absolute Gasteiger partial charge is 0.326 e. The third-order valence-corrected chi connectivity index (χ3v) is 3.83. The summed E-state index contributed by atoms with van der Waals surface area (Å²) in [6.45, 7) is 1.90. The van der Waals surface area contributed by atoms with Crippen LogP contribution in [0.15, 0.2) is 28.7 Å². The molecule has 1 aromatic heterocycles. The molecular weight excluding hydrogens is 270 g/mol. The maximum Gasteiger partial charge on any atom is 0.326 e. The van der Waals surface area contributed by atoms with Crippen LogP contribution in [0.1, 0.15) is 35.4 Å². The van der Waals surface area contributed by atoms with Gasteiger partial charge < -0.3 is 14.8 Å². The summed E-state index contributed by atoms with van der Waals surface area (Å²) < 4.78 is 5.56. The number of furan rings is 1. The second-order valence-corrected chi connectivity index (χ2v) is 5.65. The molecule has 110 valence electrons. The molecule has 1 unspecified atom stereocenters. The normalized spacial score (nSPS) is 15.9. The van der Waals surface area contributed by atoms with Crippen LogP contribution in [0.5, 0.6) is 0 Å². The van der Waals surface area contributed by atoms with E-state index in [1.54, 1.807) is 6.07 Å². The summed E-state index contributed by atoms with van der Waals surface area (Å²) in [5, 5.41) is 12.6. The lowest BCUT2D eigenvalue weighted by molar-refractivity contribution is -0.139. The monoisotopic (exact) mass is 287 g/mol. The molecule has 5 nitrogen and oxygen atoms in total. The zero-order chi connectivity index (χ0) is 15.0. The Bertz CT molecular complexity index is 699. The van der Waals surface area contributed by atoms with Crippen molar-refractivity contribution >= 4 is 22.8 Å². The molecule has 5 heteroatoms. The molecule has 3 rings (SSSR count). The summed E-state index contributed by atoms with van der Waals surface area (Å²) >= 11 is 0. The molecule has 0 radical (unpaired) electrons. The van der Waals surface area contributed by atoms with Crippen molar-refractivity contribution in [2.75, 3.05) is 0 Å². The number of hydrogen-bond donors (Lipinski definition) is 2. The Kier molecular flexibility index (Phi) is 3.41. The van der Waals surface area contributed by atoms with Crippen LogP contribution in [0.3, 0.4) is 0 Å². The summed E-state index contributed by atoms with van der Waals surface area (Å²) in [7, 11) is 0. The van der Waals surface area contributed by atoms with Gasteiger partial charge in [-0.1, -0.05) is 31.0 Å². The van der Waals surface area contributed by atoms with E-state index in [1.165, 1.54) is 0 Å². The molecule has 0 saturated heterocycles. The first-order valence-electron chi connectivity index (χ1n) is 7.07. The lowest BCUT2D eigenvalue weighted by atomic mass is 10.1. The van der Waals surface area contributed by atoms with E-state index in [1.807, 2.05) is 25.1 Å². The summed E-state index contributed by atoms with van der Waals surface area (Å²) in [6.07, 6.45) is 2.58. The predicted octanol–water partition coefficient (Wildman–Crippen LogP) is 2.72. The van der Waals surface area contributed by atoms with Crippen LogP contribution in [0.25, 0.3) is 11.0 Å². The Morgan fingerprint density at radius 1 is 1.43 bits per heavy atom. The van der Waals surface area contributed by atoms with Crippen molar-refractivity contribution in [3.05, 3.63) is 35.6 Å². The molecule has 1 amide bonds. The summed E-state index contributed by atoms with van der Waals surface area (Å²) in [6, 6.07) is 6.46. The Morgan fingerprint density at radius 3 is 2.81 bits per heavy atom. The Balaban J connectivity index is 1.79. The summed E-state index contributed by atoms with van der Waals surface area (Å²) in [5.74, 6) is -0.896. The number of amides is 1. The molecule has 1 aromatic carbocycles. The largest absolute Gasteiger partial charge is 0.480 e. The van der Waals surface area contributed by atoms with Gasteiger partial charge in [0.2, 0.25) is 0 Å². The number of hydrogen-bond acceptors (Lipinski definition) is 3. The number of benzene rings is 1. The van der Waals surface area contributed by atoms with Gasteiger partial charge in [0.15, 0.2) is 5.76 Å². The van der Waals surface area contributed by atoms with E-state index in [9.17, 15) is 14.7 Å². The minimum atomic E-state index is -0.998. The van der Waals surface area contributed by atoms with Crippen molar-refractivity contribution < 1.29 is 19.1 Å². The number of aliphatic carboxylic acids is 1. The van der Waals surface area contributed by atoms with Crippen molar-refractivity contribution in [3.8, 4) is 0 Å². The number of carboxylic acids is 1. The molecule has 21 heavy (non-hydrogen) atoms. The van der Waals surface area contributed by atoms with Crippen molar-refractivity contribution in [3.63, 3.8) is 0 Å². The van der Waals surface area contributed by atoms with Crippen LogP contribution in [-0.2, 0) is 4.79 Å². The van der Waals surface area contributed by atoms with Crippen LogP contribution in [0, 0.1) is 12.8 Å². The number of carboxylic acid groups (broad SMARTS) is 1. The van der Waals surface area contributed by atoms with E-state index in [0.717, 1.165) is 23.8 Å². The quantitative estimate of drug-likeness (QED) is 0.886. The third-order valence-electron chi connectivity index (χ3n) is 3.83. The molecule has 1 heterocycles. The fourth-order valence-corrected chi connectivity index (χ4v) is 2.46. The lowest BCUT2D eigenvalue weighted by Crippen LogP contribution is -2.41. The number of aryl methyl sites for hydroxylation is 1. The molecule has 0 spiro atoms. The second kappa shape index (κ2) is 5.24. The molecule has 1 fully saturated rings. The highest BCUT2D eigenvalue weighted by Gasteiger charge is 2.31. The highest BCUT2D eigenvalue weighted by Crippen LogP contribution is 2.33. The first-order chi connectivity index (χ1) is 10.0. The lowest BCUT2D eigenvalue weighted by Gasteiger charge is -2.12. The van der Waals surface area contributed by atoms with E-state index >= 15 is 0 Å². The summed E-state index contributed by atoms with van der Waals surface area (Å²) in [5.41, 5.74) is 1.61. The Labute approximate surface area is 121 Å². The number of para-hydroxylation sites is 1. The molecule has 2 N–H and O–H groups in total. The van der Waals surface area contributed by atoms with Crippen LogP contribution in [0.4, 0.5) is 0 Å². The minimum absolute atomic E-state index is 0.154. The van der Waals surface area contributed by atoms with Gasteiger partial charge in [0.25, 0.3) is 5.91 Å². The number of nitrogens with one attached hydrogen (secondary N) is 1. The van der Waals surface area contributed by atoms with Crippen molar-refractivity contribution in [2.24, 2.45) is 5.92 Å². The molecule has 2 aromatic rings. The van der Waals surface area contributed by atoms with E-state index in [2.05, 4.69) is 5.32 Å². The predicted molar refractivity (Wildman–Crippen MR) is 77.2 cm³/mol. The maximum absolute atomic E-state index is 12.2. The number of fused-ring (bicyclic) bond motifs is 1. The molecule has 1 atom stereocenters. The second-order valence-electron chi connectivity index (χ2n) is 5.65. The Hall–Kier alpha value is -2.30. The molecule has 1 aliphatic rings. The van der Waals surface area contributed by atoms with Gasteiger partial charge in [-0.3, -0.25) is 4.79 Å². The first kappa shape index (κ1) is 13.7. The van der Waals surface area contributed by atoms with Crippen LogP contribution in [0.2, 0.25) is 0 Å². The topological polar surface area (TPSA) is 79.5 Å². The van der Waals surface area contributed by atoms with E-state index in [0.29, 0.717) is 17.9 Å². The fourth-order valence-electron chi connectivity index (χ4n) is 2.46. The third kappa shape index (κ3) is 2.91. The summed E-state index contributed by atoms with van der Waals surface area (Å²) in [4.78, 5) is 23.4. The maximum atomic E-state index is 12.2. The fraction of sp³-hybridized carbons (Fsp3) is 0.375. The van der Waals surface area contributed by atoms with Gasteiger partial charge in [-0.2, -0.15) is 0 Å². The first-order valence-corrected chi connectivity index (χ1v) is 7.07. The van der Waals surface area contributed by atoms with Gasteiger partial charge in [-0.05, 0) is 30.9 Å². The standard InChI is InChI=1S/C16H17NO4/c1-9-3-2-4-11-8-13(21-14(9)11)15(18)17-12(16(19)20)7-10-5-6-10/h2-4,8,10,12H,5-7H2,1H3,(H,17,18)(H,19,20). The average Bonchev–Trinajstić information content (AvgIpc) is 3.13. The van der Waals surface area contributed by atoms with E-state index in [4.69, 9.17) is 4.42 Å². The van der Waals surface area contributed by atoms with Gasteiger partial charge >= 0.3 is 5.97 Å². The molecule has 1 saturated carbocycles. The van der Waals surface area contributed by atoms with Crippen LogP contribution < -0.4 is 5.32 Å². The van der Waals surface area contributed by atoms with Crippen LogP contribution in [-0.4, -0.2) is 23.0 Å². The van der Waals surface area contributed by atoms with Gasteiger partial charge in [0, 0.05) is 5.39 Å². The van der Waals surface area contributed by atoms with Gasteiger partial charge in [-0.25, -0.2) is 4.79 Å². The van der Waals surface area contributed by atoms with Gasteiger partial charge in [0.05, 0.1) is 0 Å². The highest BCUT2D eigenvalue weighted by atomic mass is 16.4. The van der Waals surface area contributed by atoms with E-state index < -0.39 is 17.9 Å². The van der Waals surface area contributed by atoms with Gasteiger partial charge in [-0.15, -0.1) is 0 Å². The zero-order valence-electron chi connectivity index (χ0n) is 11.8.